The van der Waals surface area contributed by atoms with Crippen LogP contribution in [0.25, 0.3) is 0 Å². The average molecular weight is 225 g/mol. The van der Waals surface area contributed by atoms with E-state index in [1.807, 2.05) is 19.1 Å². The standard InChI is InChI=1S/C13H17ClO/c1-3-4-5-6-13(15)11-7-8-12(14)10(2)9-11/h7-9H,3-6H2,1-2H3. The SMILES string of the molecule is CCCCCC(=O)c1ccc(Cl)c(C)c1. The molecule has 0 heterocycles. The Balaban J connectivity index is 2.62. The van der Waals surface area contributed by atoms with Crippen molar-refractivity contribution in [3.05, 3.63) is 34.3 Å². The maximum Gasteiger partial charge on any atom is 0.162 e. The van der Waals surface area contributed by atoms with Gasteiger partial charge in [-0.05, 0) is 37.1 Å². The summed E-state index contributed by atoms with van der Waals surface area (Å²) in [5, 5.41) is 0.722. The third-order valence-electron chi connectivity index (χ3n) is 2.49. The van der Waals surface area contributed by atoms with Crippen LogP contribution in [-0.4, -0.2) is 5.78 Å². The Morgan fingerprint density at radius 3 is 2.67 bits per heavy atom. The van der Waals surface area contributed by atoms with Crippen molar-refractivity contribution in [3.63, 3.8) is 0 Å². The van der Waals surface area contributed by atoms with Gasteiger partial charge in [0.2, 0.25) is 0 Å². The fourth-order valence-corrected chi connectivity index (χ4v) is 1.62. The number of carbonyl (C=O) groups is 1. The smallest absolute Gasteiger partial charge is 0.162 e. The first kappa shape index (κ1) is 12.3. The van der Waals surface area contributed by atoms with E-state index in [-0.39, 0.29) is 5.78 Å². The molecule has 0 aliphatic heterocycles. The Morgan fingerprint density at radius 2 is 2.07 bits per heavy atom. The van der Waals surface area contributed by atoms with Crippen LogP contribution < -0.4 is 0 Å². The number of halogens is 1. The van der Waals surface area contributed by atoms with E-state index in [0.717, 1.165) is 35.4 Å². The van der Waals surface area contributed by atoms with Crippen LogP contribution in [0.1, 0.15) is 48.5 Å². The fraction of sp³-hybridized carbons (Fsp3) is 0.462. The van der Waals surface area contributed by atoms with Gasteiger partial charge < -0.3 is 0 Å². The van der Waals surface area contributed by atoms with Crippen molar-refractivity contribution < 1.29 is 4.79 Å². The Morgan fingerprint density at radius 1 is 1.33 bits per heavy atom. The van der Waals surface area contributed by atoms with Gasteiger partial charge in [0.05, 0.1) is 0 Å². The average Bonchev–Trinajstić information content (AvgIpc) is 2.22. The van der Waals surface area contributed by atoms with Crippen molar-refractivity contribution in [2.24, 2.45) is 0 Å². The maximum atomic E-state index is 11.7. The van der Waals surface area contributed by atoms with Gasteiger partial charge in [-0.15, -0.1) is 0 Å². The van der Waals surface area contributed by atoms with Crippen molar-refractivity contribution in [1.29, 1.82) is 0 Å². The molecule has 0 atom stereocenters. The Bertz CT molecular complexity index is 344. The molecule has 2 heteroatoms. The lowest BCUT2D eigenvalue weighted by molar-refractivity contribution is 0.0979. The number of benzene rings is 1. The number of unbranched alkanes of at least 4 members (excludes halogenated alkanes) is 2. The summed E-state index contributed by atoms with van der Waals surface area (Å²) in [7, 11) is 0. The largest absolute Gasteiger partial charge is 0.294 e. The second kappa shape index (κ2) is 5.92. The molecule has 0 fully saturated rings. The van der Waals surface area contributed by atoms with Crippen LogP contribution in [0.3, 0.4) is 0 Å². The summed E-state index contributed by atoms with van der Waals surface area (Å²) in [5.41, 5.74) is 1.76. The first-order valence-electron chi connectivity index (χ1n) is 5.44. The van der Waals surface area contributed by atoms with Crippen LogP contribution >= 0.6 is 11.6 Å². The number of carbonyl (C=O) groups excluding carboxylic acids is 1. The molecular formula is C13H17ClO. The second-order valence-corrected chi connectivity index (χ2v) is 4.25. The molecule has 0 saturated heterocycles. The fourth-order valence-electron chi connectivity index (χ4n) is 1.50. The van der Waals surface area contributed by atoms with Crippen molar-refractivity contribution in [3.8, 4) is 0 Å². The van der Waals surface area contributed by atoms with E-state index in [1.165, 1.54) is 0 Å². The summed E-state index contributed by atoms with van der Waals surface area (Å²) in [4.78, 5) is 11.7. The minimum absolute atomic E-state index is 0.225. The normalized spacial score (nSPS) is 10.3. The number of hydrogen-bond donors (Lipinski definition) is 0. The minimum atomic E-state index is 0.225. The topological polar surface area (TPSA) is 17.1 Å². The zero-order valence-electron chi connectivity index (χ0n) is 9.35. The highest BCUT2D eigenvalue weighted by atomic mass is 35.5. The molecule has 0 aromatic heterocycles. The first-order valence-corrected chi connectivity index (χ1v) is 5.82. The summed E-state index contributed by atoms with van der Waals surface area (Å²) >= 11 is 5.90. The monoisotopic (exact) mass is 224 g/mol. The number of rotatable bonds is 5. The van der Waals surface area contributed by atoms with Crippen LogP contribution in [-0.2, 0) is 0 Å². The Hall–Kier alpha value is -0.820. The third-order valence-corrected chi connectivity index (χ3v) is 2.91. The lowest BCUT2D eigenvalue weighted by Crippen LogP contribution is -1.99. The summed E-state index contributed by atoms with van der Waals surface area (Å²) < 4.78 is 0. The van der Waals surface area contributed by atoms with Crippen LogP contribution in [0.4, 0.5) is 0 Å². The van der Waals surface area contributed by atoms with Crippen LogP contribution in [0.5, 0.6) is 0 Å². The molecule has 0 aliphatic rings. The molecule has 0 unspecified atom stereocenters. The van der Waals surface area contributed by atoms with Crippen LogP contribution in [0.2, 0.25) is 5.02 Å². The first-order chi connectivity index (χ1) is 7.15. The molecule has 0 aliphatic carbocycles. The predicted molar refractivity (Wildman–Crippen MR) is 64.7 cm³/mol. The molecule has 1 rings (SSSR count). The van der Waals surface area contributed by atoms with E-state index >= 15 is 0 Å². The molecule has 82 valence electrons. The summed E-state index contributed by atoms with van der Waals surface area (Å²) in [6, 6.07) is 5.48. The molecule has 0 bridgehead atoms. The van der Waals surface area contributed by atoms with Crippen molar-refractivity contribution in [2.45, 2.75) is 39.5 Å². The summed E-state index contributed by atoms with van der Waals surface area (Å²) in [5.74, 6) is 0.225. The van der Waals surface area contributed by atoms with Gasteiger partial charge in [-0.2, -0.15) is 0 Å². The predicted octanol–water partition coefficient (Wildman–Crippen LogP) is 4.41. The number of hydrogen-bond acceptors (Lipinski definition) is 1. The van der Waals surface area contributed by atoms with E-state index < -0.39 is 0 Å². The maximum absolute atomic E-state index is 11.7. The zero-order chi connectivity index (χ0) is 11.3. The van der Waals surface area contributed by atoms with E-state index in [2.05, 4.69) is 6.92 Å². The Labute approximate surface area is 96.5 Å². The molecule has 0 saturated carbocycles. The van der Waals surface area contributed by atoms with Gasteiger partial charge in [0.1, 0.15) is 0 Å². The van der Waals surface area contributed by atoms with E-state index in [0.29, 0.717) is 6.42 Å². The minimum Gasteiger partial charge on any atom is -0.294 e. The highest BCUT2D eigenvalue weighted by Gasteiger charge is 2.06. The lowest BCUT2D eigenvalue weighted by Gasteiger charge is -2.03. The number of aryl methyl sites for hydroxylation is 1. The lowest BCUT2D eigenvalue weighted by atomic mass is 10.0. The van der Waals surface area contributed by atoms with E-state index in [4.69, 9.17) is 11.6 Å². The number of ketones is 1. The molecule has 0 radical (unpaired) electrons. The van der Waals surface area contributed by atoms with Gasteiger partial charge in [0.15, 0.2) is 5.78 Å². The molecule has 0 spiro atoms. The molecule has 15 heavy (non-hydrogen) atoms. The van der Waals surface area contributed by atoms with Crippen molar-refractivity contribution in [2.75, 3.05) is 0 Å². The third kappa shape index (κ3) is 3.67. The molecule has 0 amide bonds. The summed E-state index contributed by atoms with van der Waals surface area (Å²) in [6.07, 6.45) is 3.90. The second-order valence-electron chi connectivity index (χ2n) is 3.84. The van der Waals surface area contributed by atoms with Gasteiger partial charge in [-0.3, -0.25) is 4.79 Å². The molecule has 1 aromatic carbocycles. The van der Waals surface area contributed by atoms with Crippen molar-refractivity contribution in [1.82, 2.24) is 0 Å². The van der Waals surface area contributed by atoms with Gasteiger partial charge in [-0.25, -0.2) is 0 Å². The molecule has 1 aromatic rings. The van der Waals surface area contributed by atoms with Gasteiger partial charge in [-0.1, -0.05) is 31.4 Å². The Kier molecular flexibility index (Phi) is 4.83. The highest BCUT2D eigenvalue weighted by Crippen LogP contribution is 2.17. The number of Topliss-reactive ketones (excluding diaryl/α,β-unsaturated/α-hetero) is 1. The quantitative estimate of drug-likeness (QED) is 0.535. The van der Waals surface area contributed by atoms with Gasteiger partial charge in [0.25, 0.3) is 0 Å². The zero-order valence-corrected chi connectivity index (χ0v) is 10.1. The van der Waals surface area contributed by atoms with Crippen molar-refractivity contribution >= 4 is 17.4 Å². The molecule has 0 N–H and O–H groups in total. The highest BCUT2D eigenvalue weighted by molar-refractivity contribution is 6.31. The molecular weight excluding hydrogens is 208 g/mol. The van der Waals surface area contributed by atoms with Crippen LogP contribution in [0, 0.1) is 6.92 Å². The summed E-state index contributed by atoms with van der Waals surface area (Å²) in [6.45, 7) is 4.06. The van der Waals surface area contributed by atoms with E-state index in [1.54, 1.807) is 6.07 Å². The van der Waals surface area contributed by atoms with Gasteiger partial charge >= 0.3 is 0 Å². The van der Waals surface area contributed by atoms with Crippen LogP contribution in [0.15, 0.2) is 18.2 Å². The van der Waals surface area contributed by atoms with E-state index in [9.17, 15) is 4.79 Å². The molecule has 1 nitrogen and oxygen atoms in total. The van der Waals surface area contributed by atoms with Gasteiger partial charge in [0, 0.05) is 17.0 Å².